The summed E-state index contributed by atoms with van der Waals surface area (Å²) in [6.45, 7) is 1.52. The van der Waals surface area contributed by atoms with Gasteiger partial charge >= 0.3 is 0 Å². The van der Waals surface area contributed by atoms with Gasteiger partial charge in [-0.2, -0.15) is 5.26 Å². The number of carbonyl (C=O) groups is 1. The summed E-state index contributed by atoms with van der Waals surface area (Å²) in [5.74, 6) is 0.819. The monoisotopic (exact) mass is 383 g/mol. The highest BCUT2D eigenvalue weighted by Crippen LogP contribution is 2.25. The van der Waals surface area contributed by atoms with Gasteiger partial charge in [0.2, 0.25) is 5.91 Å². The molecule has 1 fully saturated rings. The highest BCUT2D eigenvalue weighted by Gasteiger charge is 2.30. The van der Waals surface area contributed by atoms with Crippen LogP contribution < -0.4 is 10.1 Å². The molecule has 1 atom stereocenters. The number of nitrogens with zero attached hydrogens (tertiary/aromatic N) is 2. The third kappa shape index (κ3) is 4.63. The average Bonchev–Trinajstić information content (AvgIpc) is 3.14. The van der Waals surface area contributed by atoms with Crippen molar-refractivity contribution in [2.24, 2.45) is 0 Å². The van der Waals surface area contributed by atoms with Gasteiger partial charge in [-0.25, -0.2) is 0 Å². The first-order valence-corrected chi connectivity index (χ1v) is 9.50. The van der Waals surface area contributed by atoms with Crippen LogP contribution in [0.25, 0.3) is 0 Å². The summed E-state index contributed by atoms with van der Waals surface area (Å²) in [5.41, 5.74) is 3.81. The first-order valence-electron chi connectivity index (χ1n) is 9.50. The Morgan fingerprint density at radius 1 is 0.966 bits per heavy atom. The number of nitrogens with one attached hydrogen (secondary N) is 1. The second-order valence-corrected chi connectivity index (χ2v) is 7.03. The molecule has 1 amide bonds. The fourth-order valence-electron chi connectivity index (χ4n) is 3.41. The Morgan fingerprint density at radius 2 is 1.69 bits per heavy atom. The molecule has 0 aliphatic carbocycles. The van der Waals surface area contributed by atoms with Gasteiger partial charge in [0.1, 0.15) is 18.5 Å². The van der Waals surface area contributed by atoms with E-state index in [1.807, 2.05) is 66.7 Å². The number of nitriles is 1. The summed E-state index contributed by atoms with van der Waals surface area (Å²) in [5, 5.41) is 12.0. The maximum Gasteiger partial charge on any atom is 0.235 e. The molecule has 1 aliphatic rings. The minimum atomic E-state index is -0.191. The van der Waals surface area contributed by atoms with Crippen molar-refractivity contribution in [3.63, 3.8) is 0 Å². The number of ether oxygens (including phenoxy) is 1. The summed E-state index contributed by atoms with van der Waals surface area (Å²) >= 11 is 0. The minimum Gasteiger partial charge on any atom is -0.489 e. The fourth-order valence-corrected chi connectivity index (χ4v) is 3.41. The lowest BCUT2D eigenvalue weighted by atomic mass is 10.1. The molecule has 4 rings (SSSR count). The second-order valence-electron chi connectivity index (χ2n) is 7.03. The van der Waals surface area contributed by atoms with E-state index in [1.54, 1.807) is 12.1 Å². The van der Waals surface area contributed by atoms with Gasteiger partial charge in [0, 0.05) is 6.54 Å². The van der Waals surface area contributed by atoms with Gasteiger partial charge in [-0.3, -0.25) is 9.69 Å². The first kappa shape index (κ1) is 18.7. The third-order valence-electron chi connectivity index (χ3n) is 4.92. The lowest BCUT2D eigenvalue weighted by Gasteiger charge is -2.23. The molecular formula is C24H21N3O2. The molecule has 5 heteroatoms. The van der Waals surface area contributed by atoms with E-state index in [1.165, 1.54) is 0 Å². The van der Waals surface area contributed by atoms with Crippen LogP contribution in [0.5, 0.6) is 5.75 Å². The van der Waals surface area contributed by atoms with Gasteiger partial charge in [0.25, 0.3) is 0 Å². The van der Waals surface area contributed by atoms with Gasteiger partial charge in [-0.1, -0.05) is 54.6 Å². The summed E-state index contributed by atoms with van der Waals surface area (Å²) in [4.78, 5) is 14.1. The summed E-state index contributed by atoms with van der Waals surface area (Å²) in [6.07, 6.45) is -0.191. The van der Waals surface area contributed by atoms with E-state index >= 15 is 0 Å². The van der Waals surface area contributed by atoms with Gasteiger partial charge in [0.15, 0.2) is 0 Å². The van der Waals surface area contributed by atoms with Crippen LogP contribution >= 0.6 is 0 Å². The van der Waals surface area contributed by atoms with Crippen LogP contribution in [0.1, 0.15) is 28.4 Å². The van der Waals surface area contributed by atoms with Crippen molar-refractivity contribution in [1.82, 2.24) is 10.2 Å². The molecule has 0 bridgehead atoms. The molecule has 0 radical (unpaired) electrons. The molecule has 3 aromatic carbocycles. The second kappa shape index (κ2) is 8.59. The topological polar surface area (TPSA) is 65.4 Å². The number of carbonyl (C=O) groups excluding carboxylic acids is 1. The van der Waals surface area contributed by atoms with Crippen molar-refractivity contribution in [3.05, 3.63) is 101 Å². The van der Waals surface area contributed by atoms with Crippen molar-refractivity contribution in [1.29, 1.82) is 5.26 Å². The maximum absolute atomic E-state index is 12.0. The van der Waals surface area contributed by atoms with E-state index in [0.29, 0.717) is 25.3 Å². The van der Waals surface area contributed by atoms with Crippen LogP contribution in [0.3, 0.4) is 0 Å². The molecule has 1 aliphatic heterocycles. The lowest BCUT2D eigenvalue weighted by Crippen LogP contribution is -2.27. The normalized spacial score (nSPS) is 16.2. The predicted octanol–water partition coefficient (Wildman–Crippen LogP) is 3.77. The largest absolute Gasteiger partial charge is 0.489 e. The van der Waals surface area contributed by atoms with Crippen LogP contribution in [-0.4, -0.2) is 17.4 Å². The summed E-state index contributed by atoms with van der Waals surface area (Å²) < 4.78 is 5.84. The van der Waals surface area contributed by atoms with Crippen molar-refractivity contribution in [2.75, 3.05) is 6.54 Å². The van der Waals surface area contributed by atoms with E-state index in [9.17, 15) is 4.79 Å². The van der Waals surface area contributed by atoms with Crippen LogP contribution in [0.15, 0.2) is 78.9 Å². The fraction of sp³-hybridized carbons (Fsp3) is 0.167. The zero-order chi connectivity index (χ0) is 20.1. The molecule has 5 nitrogen and oxygen atoms in total. The number of amides is 1. The molecule has 1 saturated heterocycles. The van der Waals surface area contributed by atoms with Crippen molar-refractivity contribution in [2.45, 2.75) is 19.3 Å². The first-order chi connectivity index (χ1) is 14.2. The van der Waals surface area contributed by atoms with Gasteiger partial charge < -0.3 is 10.1 Å². The molecule has 0 spiro atoms. The Morgan fingerprint density at radius 3 is 2.38 bits per heavy atom. The standard InChI is InChI=1S/C24H21N3O2/c25-14-18-6-10-21(11-7-18)24-26-23(28)16-27(24)15-19-8-12-22(13-9-19)29-17-20-4-2-1-3-5-20/h1-13,24H,15-17H2,(H,26,28). The molecule has 1 unspecified atom stereocenters. The Kier molecular flexibility index (Phi) is 5.55. The molecular weight excluding hydrogens is 362 g/mol. The van der Waals surface area contributed by atoms with Crippen molar-refractivity contribution < 1.29 is 9.53 Å². The third-order valence-corrected chi connectivity index (χ3v) is 4.92. The van der Waals surface area contributed by atoms with E-state index in [2.05, 4.69) is 16.3 Å². The van der Waals surface area contributed by atoms with Crippen molar-refractivity contribution >= 4 is 5.91 Å². The van der Waals surface area contributed by atoms with E-state index in [4.69, 9.17) is 10.00 Å². The number of hydrogen-bond donors (Lipinski definition) is 1. The summed E-state index contributed by atoms with van der Waals surface area (Å²) in [7, 11) is 0. The van der Waals surface area contributed by atoms with Crippen LogP contribution in [0.4, 0.5) is 0 Å². The zero-order valence-corrected chi connectivity index (χ0v) is 15.9. The lowest BCUT2D eigenvalue weighted by molar-refractivity contribution is -0.118. The Labute approximate surface area is 170 Å². The van der Waals surface area contributed by atoms with Crippen molar-refractivity contribution in [3.8, 4) is 11.8 Å². The quantitative estimate of drug-likeness (QED) is 0.704. The highest BCUT2D eigenvalue weighted by molar-refractivity contribution is 5.80. The summed E-state index contributed by atoms with van der Waals surface area (Å²) in [6, 6.07) is 27.5. The van der Waals surface area contributed by atoms with Gasteiger partial charge in [-0.05, 0) is 41.0 Å². The van der Waals surface area contributed by atoms with E-state index in [0.717, 1.165) is 22.4 Å². The number of hydrogen-bond acceptors (Lipinski definition) is 4. The molecule has 1 heterocycles. The van der Waals surface area contributed by atoms with Gasteiger partial charge in [0.05, 0.1) is 18.2 Å². The van der Waals surface area contributed by atoms with Crippen LogP contribution in [0, 0.1) is 11.3 Å². The zero-order valence-electron chi connectivity index (χ0n) is 15.9. The van der Waals surface area contributed by atoms with E-state index in [-0.39, 0.29) is 12.1 Å². The average molecular weight is 383 g/mol. The van der Waals surface area contributed by atoms with Gasteiger partial charge in [-0.15, -0.1) is 0 Å². The molecule has 1 N–H and O–H groups in total. The SMILES string of the molecule is N#Cc1ccc(C2NC(=O)CN2Cc2ccc(OCc3ccccc3)cc2)cc1. The Hall–Kier alpha value is -3.62. The molecule has 0 saturated carbocycles. The maximum atomic E-state index is 12.0. The minimum absolute atomic E-state index is 0.00201. The highest BCUT2D eigenvalue weighted by atomic mass is 16.5. The van der Waals surface area contributed by atoms with E-state index < -0.39 is 0 Å². The molecule has 0 aromatic heterocycles. The number of rotatable bonds is 6. The predicted molar refractivity (Wildman–Crippen MR) is 110 cm³/mol. The molecule has 3 aromatic rings. The van der Waals surface area contributed by atoms with Crippen LogP contribution in [-0.2, 0) is 17.9 Å². The van der Waals surface area contributed by atoms with Crippen LogP contribution in [0.2, 0.25) is 0 Å². The number of benzene rings is 3. The molecule has 144 valence electrons. The Balaban J connectivity index is 1.40. The Bertz CT molecular complexity index is 1010. The molecule has 29 heavy (non-hydrogen) atoms. The smallest absolute Gasteiger partial charge is 0.235 e.